The van der Waals surface area contributed by atoms with Crippen LogP contribution in [0.4, 0.5) is 17.2 Å². The number of nitro benzene ring substituents is 1. The Kier molecular flexibility index (Phi) is 3.67. The minimum atomic E-state index is -0.443. The molecule has 0 bridgehead atoms. The van der Waals surface area contributed by atoms with E-state index in [4.69, 9.17) is 23.2 Å². The summed E-state index contributed by atoms with van der Waals surface area (Å²) in [6, 6.07) is 9.86. The van der Waals surface area contributed by atoms with Crippen molar-refractivity contribution in [2.45, 2.75) is 0 Å². The van der Waals surface area contributed by atoms with E-state index in [9.17, 15) is 10.1 Å². The van der Waals surface area contributed by atoms with E-state index in [2.05, 4.69) is 15.3 Å². The van der Waals surface area contributed by atoms with Gasteiger partial charge in [0.25, 0.3) is 5.69 Å². The molecule has 0 aliphatic heterocycles. The third-order valence-electron chi connectivity index (χ3n) is 3.75. The zero-order chi connectivity index (χ0) is 17.6. The van der Waals surface area contributed by atoms with Crippen LogP contribution in [0.5, 0.6) is 0 Å². The summed E-state index contributed by atoms with van der Waals surface area (Å²) >= 11 is 12.4. The van der Waals surface area contributed by atoms with Gasteiger partial charge >= 0.3 is 0 Å². The zero-order valence-electron chi connectivity index (χ0n) is 12.5. The molecule has 25 heavy (non-hydrogen) atoms. The van der Waals surface area contributed by atoms with Gasteiger partial charge in [-0.05, 0) is 18.2 Å². The molecule has 9 heteroatoms. The number of non-ortho nitro benzene ring substituents is 1. The summed E-state index contributed by atoms with van der Waals surface area (Å²) in [5, 5.41) is 15.3. The van der Waals surface area contributed by atoms with Crippen molar-refractivity contribution >= 4 is 56.9 Å². The van der Waals surface area contributed by atoms with Crippen LogP contribution < -0.4 is 5.32 Å². The molecule has 0 saturated carbocycles. The number of para-hydroxylation sites is 2. The van der Waals surface area contributed by atoms with Gasteiger partial charge in [-0.3, -0.25) is 14.5 Å². The Bertz CT molecular complexity index is 1120. The monoisotopic (exact) mass is 373 g/mol. The van der Waals surface area contributed by atoms with Gasteiger partial charge in [0.2, 0.25) is 0 Å². The second-order valence-electron chi connectivity index (χ2n) is 5.23. The summed E-state index contributed by atoms with van der Waals surface area (Å²) in [6.45, 7) is 0. The van der Waals surface area contributed by atoms with Crippen molar-refractivity contribution in [2.24, 2.45) is 0 Å². The Labute approximate surface area is 151 Å². The van der Waals surface area contributed by atoms with Crippen LogP contribution in [0.1, 0.15) is 0 Å². The lowest BCUT2D eigenvalue weighted by Gasteiger charge is -2.12. The number of nitrogens with zero attached hydrogens (tertiary/aromatic N) is 4. The number of hydrogen-bond donors (Lipinski definition) is 1. The van der Waals surface area contributed by atoms with E-state index in [1.807, 2.05) is 0 Å². The molecule has 0 aliphatic carbocycles. The fourth-order valence-corrected chi connectivity index (χ4v) is 3.15. The van der Waals surface area contributed by atoms with Gasteiger partial charge in [-0.2, -0.15) is 0 Å². The second-order valence-corrected chi connectivity index (χ2v) is 6.05. The number of fused-ring (bicyclic) bond motifs is 3. The standard InChI is InChI=1S/C16H9Cl2N5O2/c17-9-3-1-4-10(18)14(9)21-16-13-7-19-8-22(13)15-11(20-16)5-2-6-12(15)23(24)25/h1-8H,(H,20,21). The van der Waals surface area contributed by atoms with Crippen molar-refractivity contribution in [3.05, 3.63) is 69.1 Å². The molecule has 2 aromatic carbocycles. The van der Waals surface area contributed by atoms with Crippen molar-refractivity contribution in [1.82, 2.24) is 14.4 Å². The summed E-state index contributed by atoms with van der Waals surface area (Å²) in [7, 11) is 0. The average Bonchev–Trinajstić information content (AvgIpc) is 3.07. The number of aromatic nitrogens is 3. The molecular weight excluding hydrogens is 365 g/mol. The van der Waals surface area contributed by atoms with Crippen LogP contribution in [0.2, 0.25) is 10.0 Å². The minimum Gasteiger partial charge on any atom is -0.336 e. The van der Waals surface area contributed by atoms with Gasteiger partial charge in [-0.25, -0.2) is 9.97 Å². The van der Waals surface area contributed by atoms with Crippen molar-refractivity contribution in [2.75, 3.05) is 5.32 Å². The summed E-state index contributed by atoms with van der Waals surface area (Å²) in [5.41, 5.74) is 1.85. The third-order valence-corrected chi connectivity index (χ3v) is 4.38. The largest absolute Gasteiger partial charge is 0.336 e. The van der Waals surface area contributed by atoms with Gasteiger partial charge in [0.05, 0.1) is 32.4 Å². The summed E-state index contributed by atoms with van der Waals surface area (Å²) in [5.74, 6) is 0.445. The first-order valence-corrected chi connectivity index (χ1v) is 7.92. The molecular formula is C16H9Cl2N5O2. The lowest BCUT2D eigenvalue weighted by molar-refractivity contribution is -0.383. The van der Waals surface area contributed by atoms with Crippen LogP contribution >= 0.6 is 23.2 Å². The predicted molar refractivity (Wildman–Crippen MR) is 96.9 cm³/mol. The Morgan fingerprint density at radius 2 is 1.84 bits per heavy atom. The SMILES string of the molecule is O=[N+]([O-])c1cccc2nc(Nc3c(Cl)cccc3Cl)c3cncn3c12. The number of imidazole rings is 1. The van der Waals surface area contributed by atoms with Gasteiger partial charge in [0.1, 0.15) is 11.8 Å². The fourth-order valence-electron chi connectivity index (χ4n) is 2.66. The molecule has 2 aromatic heterocycles. The number of rotatable bonds is 3. The van der Waals surface area contributed by atoms with Crippen LogP contribution in [-0.2, 0) is 0 Å². The molecule has 4 rings (SSSR count). The Hall–Kier alpha value is -2.90. The molecule has 0 aliphatic rings. The smallest absolute Gasteiger partial charge is 0.295 e. The van der Waals surface area contributed by atoms with E-state index in [1.165, 1.54) is 12.4 Å². The minimum absolute atomic E-state index is 0.0460. The van der Waals surface area contributed by atoms with E-state index in [0.29, 0.717) is 38.1 Å². The molecule has 0 unspecified atom stereocenters. The molecule has 0 radical (unpaired) electrons. The topological polar surface area (TPSA) is 85.4 Å². The van der Waals surface area contributed by atoms with Crippen LogP contribution in [0.15, 0.2) is 48.9 Å². The number of nitro groups is 1. The van der Waals surface area contributed by atoms with Gasteiger partial charge in [-0.1, -0.05) is 35.3 Å². The Morgan fingerprint density at radius 3 is 2.56 bits per heavy atom. The summed E-state index contributed by atoms with van der Waals surface area (Å²) in [6.07, 6.45) is 3.07. The highest BCUT2D eigenvalue weighted by Gasteiger charge is 2.19. The first kappa shape index (κ1) is 15.6. The highest BCUT2D eigenvalue weighted by molar-refractivity contribution is 6.39. The number of anilines is 2. The molecule has 1 N–H and O–H groups in total. The van der Waals surface area contributed by atoms with Gasteiger partial charge < -0.3 is 5.32 Å². The van der Waals surface area contributed by atoms with E-state index >= 15 is 0 Å². The van der Waals surface area contributed by atoms with Crippen molar-refractivity contribution in [3.8, 4) is 0 Å². The molecule has 0 fully saturated rings. The van der Waals surface area contributed by atoms with Crippen LogP contribution in [0, 0.1) is 10.1 Å². The normalized spacial score (nSPS) is 11.1. The highest BCUT2D eigenvalue weighted by Crippen LogP contribution is 2.35. The van der Waals surface area contributed by atoms with Crippen molar-refractivity contribution < 1.29 is 4.92 Å². The van der Waals surface area contributed by atoms with E-state index < -0.39 is 4.92 Å². The molecule has 0 saturated heterocycles. The molecule has 2 heterocycles. The maximum Gasteiger partial charge on any atom is 0.295 e. The van der Waals surface area contributed by atoms with E-state index in [1.54, 1.807) is 40.9 Å². The van der Waals surface area contributed by atoms with Gasteiger partial charge in [0.15, 0.2) is 11.3 Å². The average molecular weight is 374 g/mol. The van der Waals surface area contributed by atoms with Gasteiger partial charge in [0, 0.05) is 6.07 Å². The molecule has 0 amide bonds. The molecule has 4 aromatic rings. The van der Waals surface area contributed by atoms with E-state index in [0.717, 1.165) is 0 Å². The predicted octanol–water partition coefficient (Wildman–Crippen LogP) is 4.84. The van der Waals surface area contributed by atoms with Crippen LogP contribution in [0.25, 0.3) is 16.6 Å². The van der Waals surface area contributed by atoms with Crippen LogP contribution in [-0.4, -0.2) is 19.3 Å². The van der Waals surface area contributed by atoms with Crippen molar-refractivity contribution in [1.29, 1.82) is 0 Å². The van der Waals surface area contributed by atoms with Crippen LogP contribution in [0.3, 0.4) is 0 Å². The molecule has 124 valence electrons. The maximum atomic E-state index is 11.3. The van der Waals surface area contributed by atoms with Gasteiger partial charge in [-0.15, -0.1) is 0 Å². The fraction of sp³-hybridized carbons (Fsp3) is 0. The Morgan fingerprint density at radius 1 is 1.12 bits per heavy atom. The number of hydrogen-bond acceptors (Lipinski definition) is 5. The maximum absolute atomic E-state index is 11.3. The number of benzene rings is 2. The first-order chi connectivity index (χ1) is 12.1. The summed E-state index contributed by atoms with van der Waals surface area (Å²) < 4.78 is 1.62. The van der Waals surface area contributed by atoms with Crippen molar-refractivity contribution in [3.63, 3.8) is 0 Å². The van der Waals surface area contributed by atoms with E-state index in [-0.39, 0.29) is 5.69 Å². The third kappa shape index (κ3) is 2.54. The first-order valence-electron chi connectivity index (χ1n) is 7.16. The summed E-state index contributed by atoms with van der Waals surface area (Å²) in [4.78, 5) is 19.5. The molecule has 0 spiro atoms. The zero-order valence-corrected chi connectivity index (χ0v) is 14.0. The molecule has 0 atom stereocenters. The highest BCUT2D eigenvalue weighted by atomic mass is 35.5. The lowest BCUT2D eigenvalue weighted by Crippen LogP contribution is -2.02. The second kappa shape index (κ2) is 5.87. The molecule has 7 nitrogen and oxygen atoms in total. The lowest BCUT2D eigenvalue weighted by atomic mass is 10.2. The number of halogens is 2. The quantitative estimate of drug-likeness (QED) is 0.410. The Balaban J connectivity index is 1.99. The number of nitrogens with one attached hydrogen (secondary N) is 1.